The third-order valence-electron chi connectivity index (χ3n) is 3.59. The number of imide groups is 1. The lowest BCUT2D eigenvalue weighted by molar-refractivity contribution is 0.0530. The molecule has 0 unspecified atom stereocenters. The van der Waals surface area contributed by atoms with E-state index in [1.807, 2.05) is 0 Å². The number of hydrogen-bond acceptors (Lipinski definition) is 6. The quantitative estimate of drug-likeness (QED) is 0.741. The first-order valence-electron chi connectivity index (χ1n) is 8.13. The van der Waals surface area contributed by atoms with Gasteiger partial charge in [-0.25, -0.2) is 13.2 Å². The second kappa shape index (κ2) is 7.45. The summed E-state index contributed by atoms with van der Waals surface area (Å²) in [6, 6.07) is 6.36. The minimum absolute atomic E-state index is 0.112. The number of carbonyl (C=O) groups excluding carboxylic acids is 3. The van der Waals surface area contributed by atoms with Crippen LogP contribution in [0.2, 0.25) is 0 Å². The summed E-state index contributed by atoms with van der Waals surface area (Å²) >= 11 is 0. The van der Waals surface area contributed by atoms with Crippen LogP contribution in [0.15, 0.2) is 24.3 Å². The number of sulfone groups is 1. The van der Waals surface area contributed by atoms with Crippen LogP contribution in [0.5, 0.6) is 0 Å². The van der Waals surface area contributed by atoms with Crippen molar-refractivity contribution in [1.29, 1.82) is 0 Å². The fourth-order valence-electron chi connectivity index (χ4n) is 2.40. The van der Waals surface area contributed by atoms with Gasteiger partial charge in [0, 0.05) is 13.1 Å². The summed E-state index contributed by atoms with van der Waals surface area (Å²) in [7, 11) is -3.56. The van der Waals surface area contributed by atoms with Crippen molar-refractivity contribution in [2.24, 2.45) is 0 Å². The molecule has 3 amide bonds. The Bertz CT molecular complexity index is 791. The Morgan fingerprint density at radius 2 is 1.62 bits per heavy atom. The molecule has 0 aliphatic carbocycles. The summed E-state index contributed by atoms with van der Waals surface area (Å²) in [6.07, 6.45) is -0.701. The van der Waals surface area contributed by atoms with Crippen molar-refractivity contribution in [2.45, 2.75) is 26.4 Å². The van der Waals surface area contributed by atoms with Crippen LogP contribution in [0.25, 0.3) is 0 Å². The van der Waals surface area contributed by atoms with Crippen LogP contribution >= 0.6 is 0 Å². The molecule has 1 aromatic rings. The van der Waals surface area contributed by atoms with E-state index in [4.69, 9.17) is 4.74 Å². The van der Waals surface area contributed by atoms with E-state index in [-0.39, 0.29) is 35.7 Å². The second-order valence-electron chi connectivity index (χ2n) is 6.89. The lowest BCUT2D eigenvalue weighted by Crippen LogP contribution is -2.37. The predicted molar refractivity (Wildman–Crippen MR) is 94.7 cm³/mol. The number of amides is 3. The van der Waals surface area contributed by atoms with Crippen molar-refractivity contribution in [3.63, 3.8) is 0 Å². The zero-order valence-corrected chi connectivity index (χ0v) is 15.8. The molecule has 0 radical (unpaired) electrons. The highest BCUT2D eigenvalue weighted by atomic mass is 32.2. The van der Waals surface area contributed by atoms with Crippen LogP contribution in [-0.2, 0) is 14.6 Å². The zero-order valence-electron chi connectivity index (χ0n) is 14.9. The Balaban J connectivity index is 1.85. The van der Waals surface area contributed by atoms with Crippen molar-refractivity contribution in [3.05, 3.63) is 35.4 Å². The number of benzene rings is 1. The molecule has 1 aliphatic heterocycles. The monoisotopic (exact) mass is 382 g/mol. The maximum Gasteiger partial charge on any atom is 0.407 e. The molecule has 0 fully saturated rings. The molecule has 0 bridgehead atoms. The Morgan fingerprint density at radius 1 is 1.08 bits per heavy atom. The standard InChI is InChI=1S/C17H22N2O6S/c1-17(2,3)25-16(22)18-8-10-26(23,24)11-9-19-14(20)12-6-4-5-7-13(12)15(19)21/h4-7H,8-11H2,1-3H3,(H,18,22). The molecule has 0 aromatic heterocycles. The first-order chi connectivity index (χ1) is 12.0. The predicted octanol–water partition coefficient (Wildman–Crippen LogP) is 1.22. The molecule has 142 valence electrons. The molecular weight excluding hydrogens is 360 g/mol. The topological polar surface area (TPSA) is 110 Å². The smallest absolute Gasteiger partial charge is 0.407 e. The van der Waals surface area contributed by atoms with Crippen molar-refractivity contribution >= 4 is 27.7 Å². The van der Waals surface area contributed by atoms with Crippen LogP contribution in [0.4, 0.5) is 4.79 Å². The fraction of sp³-hybridized carbons (Fsp3) is 0.471. The molecule has 1 heterocycles. The van der Waals surface area contributed by atoms with Gasteiger partial charge >= 0.3 is 6.09 Å². The number of hydrogen-bond donors (Lipinski definition) is 1. The van der Waals surface area contributed by atoms with E-state index in [9.17, 15) is 22.8 Å². The maximum absolute atomic E-state index is 12.2. The third-order valence-corrected chi connectivity index (χ3v) is 5.22. The minimum atomic E-state index is -3.56. The summed E-state index contributed by atoms with van der Waals surface area (Å²) in [6.45, 7) is 4.77. The second-order valence-corrected chi connectivity index (χ2v) is 9.19. The molecule has 0 atom stereocenters. The molecule has 9 heteroatoms. The van der Waals surface area contributed by atoms with Crippen molar-refractivity contribution in [3.8, 4) is 0 Å². The number of alkyl carbamates (subject to hydrolysis) is 1. The third kappa shape index (κ3) is 5.04. The van der Waals surface area contributed by atoms with Gasteiger partial charge in [0.1, 0.15) is 5.60 Å². The van der Waals surface area contributed by atoms with E-state index in [1.54, 1.807) is 32.9 Å². The minimum Gasteiger partial charge on any atom is -0.444 e. The van der Waals surface area contributed by atoms with Gasteiger partial charge in [-0.3, -0.25) is 14.5 Å². The van der Waals surface area contributed by atoms with Gasteiger partial charge in [0.25, 0.3) is 11.8 Å². The summed E-state index contributed by atoms with van der Waals surface area (Å²) in [5, 5.41) is 2.37. The van der Waals surface area contributed by atoms with Gasteiger partial charge in [-0.2, -0.15) is 0 Å². The van der Waals surface area contributed by atoms with Gasteiger partial charge < -0.3 is 10.1 Å². The van der Waals surface area contributed by atoms with Gasteiger partial charge in [-0.05, 0) is 32.9 Å². The van der Waals surface area contributed by atoms with Gasteiger partial charge in [0.05, 0.1) is 22.6 Å². The van der Waals surface area contributed by atoms with Gasteiger partial charge in [0.2, 0.25) is 0 Å². The number of carbonyl (C=O) groups is 3. The number of ether oxygens (including phenoxy) is 1. The van der Waals surface area contributed by atoms with E-state index in [0.717, 1.165) is 4.90 Å². The molecule has 1 aliphatic rings. The zero-order chi connectivity index (χ0) is 19.5. The lowest BCUT2D eigenvalue weighted by Gasteiger charge is -2.19. The Morgan fingerprint density at radius 3 is 2.12 bits per heavy atom. The maximum atomic E-state index is 12.2. The lowest BCUT2D eigenvalue weighted by atomic mass is 10.1. The van der Waals surface area contributed by atoms with Crippen molar-refractivity contribution < 1.29 is 27.5 Å². The molecule has 2 rings (SSSR count). The van der Waals surface area contributed by atoms with Crippen LogP contribution < -0.4 is 5.32 Å². The van der Waals surface area contributed by atoms with Gasteiger partial charge in [-0.1, -0.05) is 12.1 Å². The first-order valence-corrected chi connectivity index (χ1v) is 9.95. The van der Waals surface area contributed by atoms with Gasteiger partial charge in [-0.15, -0.1) is 0 Å². The number of nitrogens with zero attached hydrogens (tertiary/aromatic N) is 1. The Kier molecular flexibility index (Phi) is 5.70. The van der Waals surface area contributed by atoms with E-state index in [1.165, 1.54) is 12.1 Å². The molecule has 0 saturated heterocycles. The molecule has 0 saturated carbocycles. The Hall–Kier alpha value is -2.42. The van der Waals surface area contributed by atoms with E-state index >= 15 is 0 Å². The van der Waals surface area contributed by atoms with Crippen LogP contribution in [0.3, 0.4) is 0 Å². The van der Waals surface area contributed by atoms with Crippen LogP contribution in [-0.4, -0.2) is 61.4 Å². The number of rotatable bonds is 6. The molecule has 1 aromatic carbocycles. The Labute approximate surface area is 152 Å². The van der Waals surface area contributed by atoms with Crippen molar-refractivity contribution in [1.82, 2.24) is 10.2 Å². The summed E-state index contributed by atoms with van der Waals surface area (Å²) in [4.78, 5) is 36.8. The molecule has 1 N–H and O–H groups in total. The highest BCUT2D eigenvalue weighted by Gasteiger charge is 2.35. The largest absolute Gasteiger partial charge is 0.444 e. The SMILES string of the molecule is CC(C)(C)OC(=O)NCCS(=O)(=O)CCN1C(=O)c2ccccc2C1=O. The number of nitrogens with one attached hydrogen (secondary N) is 1. The van der Waals surface area contributed by atoms with Crippen LogP contribution in [0, 0.1) is 0 Å². The number of fused-ring (bicyclic) bond motifs is 1. The average molecular weight is 382 g/mol. The van der Waals surface area contributed by atoms with E-state index in [0.29, 0.717) is 0 Å². The fourth-order valence-corrected chi connectivity index (χ4v) is 3.48. The highest BCUT2D eigenvalue weighted by Crippen LogP contribution is 2.22. The van der Waals surface area contributed by atoms with E-state index in [2.05, 4.69) is 5.32 Å². The van der Waals surface area contributed by atoms with Crippen LogP contribution in [0.1, 0.15) is 41.5 Å². The van der Waals surface area contributed by atoms with Crippen molar-refractivity contribution in [2.75, 3.05) is 24.6 Å². The summed E-state index contributed by atoms with van der Waals surface area (Å²) < 4.78 is 29.2. The molecule has 0 spiro atoms. The van der Waals surface area contributed by atoms with Gasteiger partial charge in [0.15, 0.2) is 9.84 Å². The molecular formula is C17H22N2O6S. The summed E-state index contributed by atoms with van der Waals surface area (Å²) in [5.41, 5.74) is -0.114. The molecule has 8 nitrogen and oxygen atoms in total. The average Bonchev–Trinajstić information content (AvgIpc) is 2.75. The molecule has 26 heavy (non-hydrogen) atoms. The summed E-state index contributed by atoms with van der Waals surface area (Å²) in [5.74, 6) is -1.66. The first kappa shape index (κ1) is 19.9. The normalized spacial score (nSPS) is 14.3. The van der Waals surface area contributed by atoms with E-state index < -0.39 is 33.3 Å². The highest BCUT2D eigenvalue weighted by molar-refractivity contribution is 7.91.